The summed E-state index contributed by atoms with van der Waals surface area (Å²) in [5, 5.41) is 11.7. The molecule has 0 spiro atoms. The van der Waals surface area contributed by atoms with Crippen LogP contribution in [0.2, 0.25) is 0 Å². The summed E-state index contributed by atoms with van der Waals surface area (Å²) in [6.45, 7) is 8.22. The topological polar surface area (TPSA) is 64.7 Å². The Morgan fingerprint density at radius 2 is 1.95 bits per heavy atom. The number of carbonyl (C=O) groups excluding carboxylic acids is 1. The van der Waals surface area contributed by atoms with Gasteiger partial charge in [0.05, 0.1) is 12.2 Å². The van der Waals surface area contributed by atoms with Gasteiger partial charge in [-0.25, -0.2) is 4.68 Å². The van der Waals surface area contributed by atoms with Gasteiger partial charge < -0.3 is 5.32 Å². The van der Waals surface area contributed by atoms with Gasteiger partial charge in [-0.2, -0.15) is 10.2 Å². The molecule has 0 saturated carbocycles. The third kappa shape index (κ3) is 3.21. The fourth-order valence-electron chi connectivity index (χ4n) is 2.67. The fourth-order valence-corrected chi connectivity index (χ4v) is 2.67. The Morgan fingerprint density at radius 3 is 2.50 bits per heavy atom. The number of hydrogen-bond donors (Lipinski definition) is 1. The van der Waals surface area contributed by atoms with Crippen molar-refractivity contribution in [1.82, 2.24) is 19.6 Å². The first-order valence-electron chi connectivity index (χ1n) is 7.96. The molecule has 2 aromatic rings. The van der Waals surface area contributed by atoms with Crippen molar-refractivity contribution in [2.45, 2.75) is 59.0 Å². The minimum Gasteiger partial charge on any atom is -0.309 e. The molecule has 6 nitrogen and oxygen atoms in total. The quantitative estimate of drug-likeness (QED) is 0.853. The Bertz CT molecular complexity index is 598. The van der Waals surface area contributed by atoms with Gasteiger partial charge in [-0.05, 0) is 32.3 Å². The van der Waals surface area contributed by atoms with Crippen LogP contribution in [0, 0.1) is 6.92 Å². The van der Waals surface area contributed by atoms with E-state index >= 15 is 0 Å². The summed E-state index contributed by atoms with van der Waals surface area (Å²) in [6.07, 6.45) is 7.97. The molecule has 1 atom stereocenters. The number of aryl methyl sites for hydroxylation is 1. The molecule has 22 heavy (non-hydrogen) atoms. The highest BCUT2D eigenvalue weighted by Gasteiger charge is 2.22. The molecule has 120 valence electrons. The summed E-state index contributed by atoms with van der Waals surface area (Å²) >= 11 is 0. The Balaban J connectivity index is 2.23. The second kappa shape index (κ2) is 7.24. The number of rotatable bonds is 7. The van der Waals surface area contributed by atoms with Crippen molar-refractivity contribution in [2.75, 3.05) is 5.32 Å². The molecule has 0 aliphatic rings. The van der Waals surface area contributed by atoms with Gasteiger partial charge in [0.1, 0.15) is 11.9 Å². The van der Waals surface area contributed by atoms with Gasteiger partial charge in [-0.15, -0.1) is 0 Å². The molecule has 2 rings (SSSR count). The van der Waals surface area contributed by atoms with Crippen molar-refractivity contribution in [3.63, 3.8) is 0 Å². The zero-order valence-electron chi connectivity index (χ0n) is 13.8. The second-order valence-electron chi connectivity index (χ2n) is 5.49. The molecule has 2 aromatic heterocycles. The highest BCUT2D eigenvalue weighted by Crippen LogP contribution is 2.24. The normalized spacial score (nSPS) is 12.6. The zero-order chi connectivity index (χ0) is 16.1. The van der Waals surface area contributed by atoms with Crippen molar-refractivity contribution >= 4 is 11.7 Å². The zero-order valence-corrected chi connectivity index (χ0v) is 13.8. The third-order valence-electron chi connectivity index (χ3n) is 4.04. The van der Waals surface area contributed by atoms with Gasteiger partial charge in [-0.3, -0.25) is 9.48 Å². The van der Waals surface area contributed by atoms with Gasteiger partial charge in [-0.1, -0.05) is 20.8 Å². The maximum Gasteiger partial charge on any atom is 0.250 e. The fraction of sp³-hybridized carbons (Fsp3) is 0.562. The molecule has 2 heterocycles. The van der Waals surface area contributed by atoms with Gasteiger partial charge in [0.2, 0.25) is 5.91 Å². The first-order valence-corrected chi connectivity index (χ1v) is 7.96. The van der Waals surface area contributed by atoms with E-state index in [0.29, 0.717) is 12.5 Å². The van der Waals surface area contributed by atoms with Crippen LogP contribution in [0.15, 0.2) is 24.7 Å². The molecule has 0 saturated heterocycles. The molecule has 0 aliphatic carbocycles. The second-order valence-corrected chi connectivity index (χ2v) is 5.49. The lowest BCUT2D eigenvalue weighted by Gasteiger charge is -2.20. The van der Waals surface area contributed by atoms with Crippen LogP contribution in [0.3, 0.4) is 0 Å². The van der Waals surface area contributed by atoms with Crippen LogP contribution in [-0.2, 0) is 4.79 Å². The number of amides is 1. The summed E-state index contributed by atoms with van der Waals surface area (Å²) in [4.78, 5) is 12.6. The monoisotopic (exact) mass is 303 g/mol. The average Bonchev–Trinajstić information content (AvgIpc) is 3.14. The van der Waals surface area contributed by atoms with Crippen LogP contribution in [0.5, 0.6) is 0 Å². The SMILES string of the molecule is CCC(C(=O)Nc1c(C)cnn1C(CC)CC)n1cccn1. The van der Waals surface area contributed by atoms with Gasteiger partial charge in [0, 0.05) is 18.0 Å². The van der Waals surface area contributed by atoms with E-state index in [0.717, 1.165) is 24.2 Å². The summed E-state index contributed by atoms with van der Waals surface area (Å²) in [6, 6.07) is 1.82. The smallest absolute Gasteiger partial charge is 0.250 e. The Kier molecular flexibility index (Phi) is 5.35. The van der Waals surface area contributed by atoms with Crippen LogP contribution >= 0.6 is 0 Å². The third-order valence-corrected chi connectivity index (χ3v) is 4.04. The van der Waals surface area contributed by atoms with Crippen molar-refractivity contribution < 1.29 is 4.79 Å². The largest absolute Gasteiger partial charge is 0.309 e. The minimum atomic E-state index is -0.306. The molecule has 0 bridgehead atoms. The van der Waals surface area contributed by atoms with Crippen LogP contribution in [0.1, 0.15) is 57.7 Å². The standard InChI is InChI=1S/C16H25N5O/c1-5-13(6-2)21-15(12(4)11-18-21)19-16(22)14(7-3)20-10-8-9-17-20/h8-11,13-14H,5-7H2,1-4H3,(H,19,22). The number of hydrogen-bond acceptors (Lipinski definition) is 3. The highest BCUT2D eigenvalue weighted by molar-refractivity contribution is 5.93. The lowest BCUT2D eigenvalue weighted by Crippen LogP contribution is -2.28. The van der Waals surface area contributed by atoms with Crippen molar-refractivity contribution in [1.29, 1.82) is 0 Å². The summed E-state index contributed by atoms with van der Waals surface area (Å²) in [7, 11) is 0. The maximum absolute atomic E-state index is 12.6. The molecule has 1 N–H and O–H groups in total. The molecular formula is C16H25N5O. The van der Waals surface area contributed by atoms with Crippen molar-refractivity contribution in [3.05, 3.63) is 30.2 Å². The molecule has 0 aromatic carbocycles. The van der Waals surface area contributed by atoms with E-state index in [4.69, 9.17) is 0 Å². The summed E-state index contributed by atoms with van der Waals surface area (Å²) in [5.74, 6) is 0.742. The van der Waals surface area contributed by atoms with Gasteiger partial charge in [0.15, 0.2) is 0 Å². The van der Waals surface area contributed by atoms with E-state index in [1.54, 1.807) is 10.9 Å². The first kappa shape index (κ1) is 16.3. The molecule has 0 radical (unpaired) electrons. The Morgan fingerprint density at radius 1 is 1.23 bits per heavy atom. The summed E-state index contributed by atoms with van der Waals surface area (Å²) < 4.78 is 3.63. The van der Waals surface area contributed by atoms with Crippen LogP contribution < -0.4 is 5.32 Å². The molecule has 0 aliphatic heterocycles. The number of anilines is 1. The number of carbonyl (C=O) groups is 1. The Labute approximate surface area is 131 Å². The van der Waals surface area contributed by atoms with E-state index in [9.17, 15) is 4.79 Å². The predicted octanol–water partition coefficient (Wildman–Crippen LogP) is 3.34. The molecule has 6 heteroatoms. The number of aromatic nitrogens is 4. The maximum atomic E-state index is 12.6. The average molecular weight is 303 g/mol. The number of nitrogens with zero attached hydrogens (tertiary/aromatic N) is 4. The molecule has 1 amide bonds. The lowest BCUT2D eigenvalue weighted by atomic mass is 10.1. The van der Waals surface area contributed by atoms with E-state index in [-0.39, 0.29) is 11.9 Å². The molecule has 1 unspecified atom stereocenters. The van der Waals surface area contributed by atoms with E-state index in [1.165, 1.54) is 0 Å². The van der Waals surface area contributed by atoms with E-state index in [2.05, 4.69) is 29.4 Å². The minimum absolute atomic E-state index is 0.0537. The molecular weight excluding hydrogens is 278 g/mol. The first-order chi connectivity index (χ1) is 10.6. The van der Waals surface area contributed by atoms with E-state index in [1.807, 2.05) is 37.0 Å². The van der Waals surface area contributed by atoms with Gasteiger partial charge >= 0.3 is 0 Å². The highest BCUT2D eigenvalue weighted by atomic mass is 16.2. The number of nitrogens with one attached hydrogen (secondary N) is 1. The van der Waals surface area contributed by atoms with E-state index < -0.39 is 0 Å². The van der Waals surface area contributed by atoms with Crippen molar-refractivity contribution in [2.24, 2.45) is 0 Å². The van der Waals surface area contributed by atoms with Crippen molar-refractivity contribution in [3.8, 4) is 0 Å². The lowest BCUT2D eigenvalue weighted by molar-refractivity contribution is -0.119. The summed E-state index contributed by atoms with van der Waals surface area (Å²) in [5.41, 5.74) is 0.982. The van der Waals surface area contributed by atoms with Crippen LogP contribution in [0.4, 0.5) is 5.82 Å². The van der Waals surface area contributed by atoms with Crippen LogP contribution in [-0.4, -0.2) is 25.5 Å². The Hall–Kier alpha value is -2.11. The van der Waals surface area contributed by atoms with Gasteiger partial charge in [0.25, 0.3) is 0 Å². The van der Waals surface area contributed by atoms with Crippen LogP contribution in [0.25, 0.3) is 0 Å². The predicted molar refractivity (Wildman–Crippen MR) is 86.8 cm³/mol. The molecule has 0 fully saturated rings.